The van der Waals surface area contributed by atoms with Gasteiger partial charge in [0.2, 0.25) is 5.91 Å². The monoisotopic (exact) mass is 185 g/mol. The van der Waals surface area contributed by atoms with Gasteiger partial charge >= 0.3 is 5.97 Å². The molecule has 0 spiro atoms. The number of nitrogens with one attached hydrogen (secondary N) is 1. The van der Waals surface area contributed by atoms with E-state index in [1.807, 2.05) is 0 Å². The Balaban J connectivity index is 2.39. The van der Waals surface area contributed by atoms with Gasteiger partial charge in [-0.25, -0.2) is 0 Å². The van der Waals surface area contributed by atoms with Gasteiger partial charge in [-0.2, -0.15) is 0 Å². The Bertz CT molecular complexity index is 215. The van der Waals surface area contributed by atoms with E-state index in [1.54, 1.807) is 0 Å². The van der Waals surface area contributed by atoms with Gasteiger partial charge in [0, 0.05) is 13.5 Å². The van der Waals surface area contributed by atoms with E-state index < -0.39 is 5.97 Å². The molecule has 4 heteroatoms. The fourth-order valence-electron chi connectivity index (χ4n) is 1.88. The number of rotatable bonds is 3. The summed E-state index contributed by atoms with van der Waals surface area (Å²) in [6.45, 7) is 1.96. The van der Waals surface area contributed by atoms with Gasteiger partial charge in [0.25, 0.3) is 0 Å². The number of hydrogen-bond donors (Lipinski definition) is 2. The van der Waals surface area contributed by atoms with Crippen molar-refractivity contribution < 1.29 is 14.7 Å². The summed E-state index contributed by atoms with van der Waals surface area (Å²) in [5.41, 5.74) is 0. The molecular formula is C9H15NO3. The lowest BCUT2D eigenvalue weighted by Crippen LogP contribution is -2.31. The minimum Gasteiger partial charge on any atom is -0.481 e. The minimum atomic E-state index is -0.729. The van der Waals surface area contributed by atoms with Crippen molar-refractivity contribution in [3.63, 3.8) is 0 Å². The van der Waals surface area contributed by atoms with Crippen LogP contribution in [0.25, 0.3) is 0 Å². The highest BCUT2D eigenvalue weighted by atomic mass is 16.4. The summed E-state index contributed by atoms with van der Waals surface area (Å²) in [6.07, 6.45) is 2.62. The second-order valence-corrected chi connectivity index (χ2v) is 3.57. The minimum absolute atomic E-state index is 0.0870. The first-order chi connectivity index (χ1) is 6.11. The van der Waals surface area contributed by atoms with Crippen molar-refractivity contribution in [1.82, 2.24) is 5.32 Å². The molecule has 4 nitrogen and oxygen atoms in total. The van der Waals surface area contributed by atoms with Gasteiger partial charge in [-0.1, -0.05) is 6.42 Å². The molecule has 0 aromatic rings. The lowest BCUT2D eigenvalue weighted by atomic mass is 9.96. The predicted molar refractivity (Wildman–Crippen MR) is 47.2 cm³/mol. The van der Waals surface area contributed by atoms with Gasteiger partial charge in [-0.3, -0.25) is 9.59 Å². The Morgan fingerprint density at radius 1 is 1.46 bits per heavy atom. The van der Waals surface area contributed by atoms with Crippen LogP contribution in [0.5, 0.6) is 0 Å². The predicted octanol–water partition coefficient (Wildman–Crippen LogP) is 0.623. The topological polar surface area (TPSA) is 66.4 Å². The van der Waals surface area contributed by atoms with E-state index in [-0.39, 0.29) is 17.7 Å². The Hall–Kier alpha value is -1.06. The molecule has 0 heterocycles. The zero-order valence-electron chi connectivity index (χ0n) is 7.75. The third kappa shape index (κ3) is 2.72. The molecule has 13 heavy (non-hydrogen) atoms. The Kier molecular flexibility index (Phi) is 3.28. The molecule has 0 bridgehead atoms. The van der Waals surface area contributed by atoms with Crippen molar-refractivity contribution in [3.8, 4) is 0 Å². The molecule has 1 aliphatic carbocycles. The van der Waals surface area contributed by atoms with Crippen LogP contribution in [0, 0.1) is 11.8 Å². The third-order valence-electron chi connectivity index (χ3n) is 2.59. The number of carboxylic acids is 1. The van der Waals surface area contributed by atoms with Gasteiger partial charge in [0.15, 0.2) is 0 Å². The SMILES string of the molecule is CC(=O)NC[C@@H]1CCC[C@@H]1C(=O)O. The van der Waals surface area contributed by atoms with E-state index in [2.05, 4.69) is 5.32 Å². The van der Waals surface area contributed by atoms with Crippen LogP contribution in [0.3, 0.4) is 0 Å². The van der Waals surface area contributed by atoms with Crippen LogP contribution in [0.1, 0.15) is 26.2 Å². The Morgan fingerprint density at radius 3 is 2.69 bits per heavy atom. The maximum Gasteiger partial charge on any atom is 0.306 e. The summed E-state index contributed by atoms with van der Waals surface area (Å²) in [5, 5.41) is 11.5. The van der Waals surface area contributed by atoms with Crippen LogP contribution in [0.2, 0.25) is 0 Å². The van der Waals surface area contributed by atoms with Crippen LogP contribution in [0.4, 0.5) is 0 Å². The molecule has 2 N–H and O–H groups in total. The first-order valence-corrected chi connectivity index (χ1v) is 4.58. The summed E-state index contributed by atoms with van der Waals surface area (Å²) in [5.74, 6) is -0.947. The number of carbonyl (C=O) groups excluding carboxylic acids is 1. The molecular weight excluding hydrogens is 170 g/mol. The van der Waals surface area contributed by atoms with Crippen molar-refractivity contribution in [1.29, 1.82) is 0 Å². The molecule has 1 amide bonds. The van der Waals surface area contributed by atoms with Crippen molar-refractivity contribution in [3.05, 3.63) is 0 Å². The molecule has 0 aliphatic heterocycles. The number of amides is 1. The summed E-state index contributed by atoms with van der Waals surface area (Å²) < 4.78 is 0. The van der Waals surface area contributed by atoms with Crippen LogP contribution in [-0.4, -0.2) is 23.5 Å². The molecule has 74 valence electrons. The third-order valence-corrected chi connectivity index (χ3v) is 2.59. The molecule has 1 saturated carbocycles. The molecule has 1 fully saturated rings. The van der Waals surface area contributed by atoms with Crippen LogP contribution < -0.4 is 5.32 Å². The Labute approximate surface area is 77.3 Å². The zero-order chi connectivity index (χ0) is 9.84. The number of hydrogen-bond acceptors (Lipinski definition) is 2. The first-order valence-electron chi connectivity index (χ1n) is 4.58. The second kappa shape index (κ2) is 4.25. The maximum atomic E-state index is 10.7. The van der Waals surface area contributed by atoms with Gasteiger partial charge in [-0.05, 0) is 18.8 Å². The average Bonchev–Trinajstić information content (AvgIpc) is 2.47. The van der Waals surface area contributed by atoms with Crippen molar-refractivity contribution in [2.45, 2.75) is 26.2 Å². The number of carbonyl (C=O) groups is 2. The quantitative estimate of drug-likeness (QED) is 0.677. The second-order valence-electron chi connectivity index (χ2n) is 3.57. The molecule has 0 aromatic carbocycles. The number of aliphatic carboxylic acids is 1. The fraction of sp³-hybridized carbons (Fsp3) is 0.778. The molecule has 1 rings (SSSR count). The molecule has 2 atom stereocenters. The highest BCUT2D eigenvalue weighted by Crippen LogP contribution is 2.31. The number of carboxylic acid groups (broad SMARTS) is 1. The van der Waals surface area contributed by atoms with E-state index in [1.165, 1.54) is 6.92 Å². The maximum absolute atomic E-state index is 10.7. The highest BCUT2D eigenvalue weighted by Gasteiger charge is 2.32. The molecule has 0 saturated heterocycles. The van der Waals surface area contributed by atoms with E-state index in [4.69, 9.17) is 5.11 Å². The van der Waals surface area contributed by atoms with Gasteiger partial charge in [-0.15, -0.1) is 0 Å². The van der Waals surface area contributed by atoms with Gasteiger partial charge in [0.1, 0.15) is 0 Å². The Morgan fingerprint density at radius 2 is 2.15 bits per heavy atom. The normalized spacial score (nSPS) is 27.2. The van der Waals surface area contributed by atoms with Crippen LogP contribution in [0.15, 0.2) is 0 Å². The summed E-state index contributed by atoms with van der Waals surface area (Å²) in [7, 11) is 0. The molecule has 0 radical (unpaired) electrons. The van der Waals surface area contributed by atoms with Crippen molar-refractivity contribution in [2.75, 3.05) is 6.54 Å². The molecule has 0 unspecified atom stereocenters. The largest absolute Gasteiger partial charge is 0.481 e. The van der Waals surface area contributed by atoms with Crippen LogP contribution >= 0.6 is 0 Å². The fourth-order valence-corrected chi connectivity index (χ4v) is 1.88. The zero-order valence-corrected chi connectivity index (χ0v) is 7.75. The van der Waals surface area contributed by atoms with Crippen molar-refractivity contribution in [2.24, 2.45) is 11.8 Å². The van der Waals surface area contributed by atoms with E-state index in [0.29, 0.717) is 6.54 Å². The summed E-state index contributed by atoms with van der Waals surface area (Å²) in [4.78, 5) is 21.4. The van der Waals surface area contributed by atoms with Crippen LogP contribution in [-0.2, 0) is 9.59 Å². The molecule has 0 aromatic heterocycles. The highest BCUT2D eigenvalue weighted by molar-refractivity contribution is 5.73. The lowest BCUT2D eigenvalue weighted by Gasteiger charge is -2.15. The molecule has 1 aliphatic rings. The van der Waals surface area contributed by atoms with E-state index >= 15 is 0 Å². The lowest BCUT2D eigenvalue weighted by molar-refractivity contribution is -0.143. The first kappa shape index (κ1) is 10.0. The van der Waals surface area contributed by atoms with Crippen molar-refractivity contribution >= 4 is 11.9 Å². The average molecular weight is 185 g/mol. The standard InChI is InChI=1S/C9H15NO3/c1-6(11)10-5-7-3-2-4-8(7)9(12)13/h7-8H,2-5H2,1H3,(H,10,11)(H,12,13)/t7-,8-/m0/s1. The van der Waals surface area contributed by atoms with E-state index in [9.17, 15) is 9.59 Å². The smallest absolute Gasteiger partial charge is 0.306 e. The van der Waals surface area contributed by atoms with Gasteiger partial charge < -0.3 is 10.4 Å². The van der Waals surface area contributed by atoms with Gasteiger partial charge in [0.05, 0.1) is 5.92 Å². The summed E-state index contributed by atoms with van der Waals surface area (Å²) >= 11 is 0. The van der Waals surface area contributed by atoms with E-state index in [0.717, 1.165) is 19.3 Å². The summed E-state index contributed by atoms with van der Waals surface area (Å²) in [6, 6.07) is 0.